The fourth-order valence-electron chi connectivity index (χ4n) is 7.97. The van der Waals surface area contributed by atoms with Crippen LogP contribution in [-0.4, -0.2) is 75.8 Å². The van der Waals surface area contributed by atoms with Gasteiger partial charge in [0.1, 0.15) is 5.60 Å². The summed E-state index contributed by atoms with van der Waals surface area (Å²) in [6, 6.07) is 0. The fraction of sp³-hybridized carbons (Fsp3) is 0.714. The number of fused-ring (bicyclic) bond motifs is 5. The van der Waals surface area contributed by atoms with Crippen LogP contribution in [0.5, 0.6) is 0 Å². The molecular formula is C28H38F2N2O8. The predicted octanol–water partition coefficient (Wildman–Crippen LogP) is 2.12. The van der Waals surface area contributed by atoms with E-state index in [0.29, 0.717) is 12.8 Å². The number of nitrogens with one attached hydrogen (secondary N) is 1. The monoisotopic (exact) mass is 568 g/mol. The number of aliphatic hydroxyl groups is 2. The van der Waals surface area contributed by atoms with Gasteiger partial charge in [-0.25, -0.2) is 18.4 Å². The van der Waals surface area contributed by atoms with E-state index >= 15 is 0 Å². The molecule has 0 saturated heterocycles. The molecule has 3 fully saturated rings. The zero-order chi connectivity index (χ0) is 29.7. The van der Waals surface area contributed by atoms with Crippen LogP contribution < -0.4 is 11.1 Å². The summed E-state index contributed by atoms with van der Waals surface area (Å²) in [5.41, 5.74) is 0.255. The molecule has 40 heavy (non-hydrogen) atoms. The van der Waals surface area contributed by atoms with Crippen LogP contribution in [0.25, 0.3) is 0 Å². The van der Waals surface area contributed by atoms with E-state index in [4.69, 9.17) is 15.6 Å². The first kappa shape index (κ1) is 30.3. The average molecular weight is 569 g/mol. The first-order valence-electron chi connectivity index (χ1n) is 13.7. The molecule has 4 rings (SSSR count). The van der Waals surface area contributed by atoms with Gasteiger partial charge in [0.2, 0.25) is 5.78 Å². The summed E-state index contributed by atoms with van der Waals surface area (Å²) in [4.78, 5) is 48.4. The average Bonchev–Trinajstić information content (AvgIpc) is 3.15. The van der Waals surface area contributed by atoms with Crippen LogP contribution in [0.2, 0.25) is 0 Å². The summed E-state index contributed by atoms with van der Waals surface area (Å²) in [7, 11) is 0. The molecule has 0 bridgehead atoms. The highest BCUT2D eigenvalue weighted by molar-refractivity contribution is 6.01. The Morgan fingerprint density at radius 1 is 1.27 bits per heavy atom. The van der Waals surface area contributed by atoms with Gasteiger partial charge in [-0.3, -0.25) is 9.59 Å². The van der Waals surface area contributed by atoms with Gasteiger partial charge in [0.25, 0.3) is 6.43 Å². The highest BCUT2D eigenvalue weighted by atomic mass is 19.3. The third-order valence-corrected chi connectivity index (χ3v) is 10.3. The van der Waals surface area contributed by atoms with Gasteiger partial charge in [0.15, 0.2) is 17.9 Å². The van der Waals surface area contributed by atoms with Crippen molar-refractivity contribution in [3.63, 3.8) is 0 Å². The van der Waals surface area contributed by atoms with E-state index in [1.807, 2.05) is 13.0 Å². The number of aliphatic hydroxyl groups excluding tert-OH is 1. The lowest BCUT2D eigenvalue weighted by molar-refractivity contribution is -0.178. The molecule has 0 aromatic rings. The number of amides is 1. The maximum atomic E-state index is 13.3. The summed E-state index contributed by atoms with van der Waals surface area (Å²) in [5, 5.41) is 34.3. The molecule has 3 saturated carbocycles. The number of alkyl halides is 2. The van der Waals surface area contributed by atoms with Crippen molar-refractivity contribution in [1.82, 2.24) is 5.32 Å². The van der Waals surface area contributed by atoms with Crippen molar-refractivity contribution < 1.29 is 48.0 Å². The van der Waals surface area contributed by atoms with E-state index < -0.39 is 65.4 Å². The Kier molecular flexibility index (Phi) is 8.03. The minimum atomic E-state index is -3.29. The van der Waals surface area contributed by atoms with E-state index in [2.05, 4.69) is 5.32 Å². The Hall–Kier alpha value is -2.70. The standard InChI is InChI=1S/C28H38F2N2O8/c1-25-9-6-16(33)12-15(25)4-5-17-18-7-10-28(39,26(18,2)13-19(34)21(17)25)20(35)14-40-24(38)32-11-3-8-27(31,22(29)30)23(36)37/h6,9,12,17-19,21-22,34,39H,3-5,7-8,10-11,13-14,31H2,1-2H3,(H,32,38)(H,36,37). The van der Waals surface area contributed by atoms with Crippen molar-refractivity contribution in [2.24, 2.45) is 34.3 Å². The van der Waals surface area contributed by atoms with Gasteiger partial charge in [-0.1, -0.05) is 25.5 Å². The first-order valence-corrected chi connectivity index (χ1v) is 13.7. The van der Waals surface area contributed by atoms with Crippen molar-refractivity contribution in [2.75, 3.05) is 13.2 Å². The number of hydrogen-bond donors (Lipinski definition) is 5. The Morgan fingerprint density at radius 3 is 2.62 bits per heavy atom. The van der Waals surface area contributed by atoms with Crippen LogP contribution in [0.1, 0.15) is 58.8 Å². The predicted molar refractivity (Wildman–Crippen MR) is 137 cm³/mol. The number of hydrogen-bond acceptors (Lipinski definition) is 8. The minimum absolute atomic E-state index is 0.0218. The number of aliphatic carboxylic acids is 1. The molecule has 0 radical (unpaired) electrons. The number of halogens is 2. The summed E-state index contributed by atoms with van der Waals surface area (Å²) in [5.74, 6) is -2.80. The van der Waals surface area contributed by atoms with Gasteiger partial charge in [-0.05, 0) is 68.9 Å². The van der Waals surface area contributed by atoms with Crippen molar-refractivity contribution in [3.8, 4) is 0 Å². The van der Waals surface area contributed by atoms with Crippen molar-refractivity contribution >= 4 is 23.6 Å². The molecule has 0 heterocycles. The Bertz CT molecular complexity index is 1140. The number of carboxylic acid groups (broad SMARTS) is 1. The number of carboxylic acids is 1. The van der Waals surface area contributed by atoms with Crippen molar-refractivity contribution in [1.29, 1.82) is 0 Å². The summed E-state index contributed by atoms with van der Waals surface area (Å²) in [6.45, 7) is 2.91. The SMILES string of the molecule is CC12C=CC(=O)C=C1CCC1C2C(O)CC2(C)C1CCC2(O)C(=O)COC(=O)NCCCC(N)(C(=O)O)C(F)F. The van der Waals surface area contributed by atoms with E-state index in [1.165, 1.54) is 0 Å². The normalized spacial score (nSPS) is 38.0. The Labute approximate surface area is 231 Å². The first-order chi connectivity index (χ1) is 18.6. The molecule has 4 aliphatic rings. The molecule has 10 nitrogen and oxygen atoms in total. The summed E-state index contributed by atoms with van der Waals surface area (Å²) < 4.78 is 30.9. The summed E-state index contributed by atoms with van der Waals surface area (Å²) >= 11 is 0. The van der Waals surface area contributed by atoms with Gasteiger partial charge in [-0.15, -0.1) is 0 Å². The fourth-order valence-corrected chi connectivity index (χ4v) is 7.97. The van der Waals surface area contributed by atoms with Gasteiger partial charge in [-0.2, -0.15) is 0 Å². The van der Waals surface area contributed by atoms with Gasteiger partial charge >= 0.3 is 12.1 Å². The number of nitrogens with two attached hydrogens (primary N) is 1. The molecule has 0 aromatic heterocycles. The van der Waals surface area contributed by atoms with Crippen LogP contribution in [0.15, 0.2) is 23.8 Å². The zero-order valence-electron chi connectivity index (χ0n) is 22.7. The largest absolute Gasteiger partial charge is 0.480 e. The topological polar surface area (TPSA) is 176 Å². The van der Waals surface area contributed by atoms with E-state index in [9.17, 15) is 38.2 Å². The molecule has 0 spiro atoms. The number of carbonyl (C=O) groups is 4. The lowest BCUT2D eigenvalue weighted by Gasteiger charge is -2.59. The van der Waals surface area contributed by atoms with Gasteiger partial charge < -0.3 is 31.1 Å². The van der Waals surface area contributed by atoms with Crippen LogP contribution >= 0.6 is 0 Å². The smallest absolute Gasteiger partial charge is 0.407 e. The third-order valence-electron chi connectivity index (χ3n) is 10.3. The highest BCUT2D eigenvalue weighted by Gasteiger charge is 2.68. The maximum absolute atomic E-state index is 13.3. The number of Topliss-reactive ketones (excluding diaryl/α,β-unsaturated/α-hetero) is 1. The van der Waals surface area contributed by atoms with Crippen LogP contribution in [-0.2, 0) is 19.1 Å². The zero-order valence-corrected chi connectivity index (χ0v) is 22.7. The lowest BCUT2D eigenvalue weighted by Crippen LogP contribution is -2.61. The second-order valence-electron chi connectivity index (χ2n) is 12.3. The van der Waals surface area contributed by atoms with Crippen molar-refractivity contribution in [3.05, 3.63) is 23.8 Å². The van der Waals surface area contributed by atoms with Crippen LogP contribution in [0.4, 0.5) is 13.6 Å². The molecule has 8 unspecified atom stereocenters. The van der Waals surface area contributed by atoms with Crippen molar-refractivity contribution in [2.45, 2.75) is 82.5 Å². The maximum Gasteiger partial charge on any atom is 0.407 e. The van der Waals surface area contributed by atoms with E-state index in [0.717, 1.165) is 12.0 Å². The number of rotatable bonds is 9. The second kappa shape index (κ2) is 10.6. The number of alkyl carbamates (subject to hydrolysis) is 1. The van der Waals surface area contributed by atoms with Crippen LogP contribution in [0, 0.1) is 28.6 Å². The van der Waals surface area contributed by atoms with Gasteiger partial charge in [0.05, 0.1) is 6.10 Å². The molecule has 8 atom stereocenters. The summed E-state index contributed by atoms with van der Waals surface area (Å²) in [6.07, 6.45) is 1.50. The number of ether oxygens (including phenoxy) is 1. The van der Waals surface area contributed by atoms with E-state index in [-0.39, 0.29) is 49.3 Å². The Balaban J connectivity index is 1.37. The molecule has 12 heteroatoms. The quantitative estimate of drug-likeness (QED) is 0.261. The Morgan fingerprint density at radius 2 is 1.98 bits per heavy atom. The van der Waals surface area contributed by atoms with Gasteiger partial charge in [0, 0.05) is 23.3 Å². The number of ketones is 2. The molecule has 222 valence electrons. The third kappa shape index (κ3) is 4.77. The molecule has 0 aromatic carbocycles. The number of carbonyl (C=O) groups excluding carboxylic acids is 3. The molecule has 1 amide bonds. The minimum Gasteiger partial charge on any atom is -0.480 e. The lowest BCUT2D eigenvalue weighted by atomic mass is 9.46. The second-order valence-corrected chi connectivity index (χ2v) is 12.3. The highest BCUT2D eigenvalue weighted by Crippen LogP contribution is 2.67. The number of allylic oxidation sites excluding steroid dienone is 4. The molecule has 4 aliphatic carbocycles. The molecular weight excluding hydrogens is 530 g/mol. The molecule has 0 aliphatic heterocycles. The van der Waals surface area contributed by atoms with E-state index in [1.54, 1.807) is 19.1 Å². The van der Waals surface area contributed by atoms with Crippen LogP contribution in [0.3, 0.4) is 0 Å². The molecule has 6 N–H and O–H groups in total.